The number of hydrogen-bond acceptors (Lipinski definition) is 4. The molecule has 1 aromatic heterocycles. The molecule has 0 aliphatic carbocycles. The Balaban J connectivity index is 1.69. The lowest BCUT2D eigenvalue weighted by Gasteiger charge is -2.22. The van der Waals surface area contributed by atoms with E-state index in [0.29, 0.717) is 32.7 Å². The molecule has 4 rings (SSSR count). The average Bonchev–Trinajstić information content (AvgIpc) is 3.13. The Morgan fingerprint density at radius 1 is 1.12 bits per heavy atom. The van der Waals surface area contributed by atoms with Gasteiger partial charge in [0.05, 0.1) is 26.6 Å². The maximum Gasteiger partial charge on any atom is 0.328 e. The third-order valence-corrected chi connectivity index (χ3v) is 5.73. The minimum absolute atomic E-state index is 0.0422. The lowest BCUT2D eigenvalue weighted by Crippen LogP contribution is -2.49. The van der Waals surface area contributed by atoms with E-state index < -0.39 is 17.4 Å². The van der Waals surface area contributed by atoms with E-state index in [1.165, 1.54) is 13.8 Å². The van der Waals surface area contributed by atoms with Crippen LogP contribution in [0.25, 0.3) is 21.8 Å². The highest BCUT2D eigenvalue weighted by Crippen LogP contribution is 2.32. The van der Waals surface area contributed by atoms with Crippen LogP contribution in [-0.2, 0) is 11.4 Å². The summed E-state index contributed by atoms with van der Waals surface area (Å²) in [6.07, 6.45) is 0. The number of benzene rings is 3. The second-order valence-corrected chi connectivity index (χ2v) is 8.62. The van der Waals surface area contributed by atoms with Crippen LogP contribution in [0, 0.1) is 0 Å². The first kappa shape index (κ1) is 21.9. The third-order valence-electron chi connectivity index (χ3n) is 5.01. The number of aromatic amines is 1. The van der Waals surface area contributed by atoms with Gasteiger partial charge in [-0.3, -0.25) is 4.79 Å². The van der Waals surface area contributed by atoms with Gasteiger partial charge in [0.15, 0.2) is 0 Å². The van der Waals surface area contributed by atoms with Crippen LogP contribution in [0.2, 0.25) is 10.0 Å². The first-order valence-electron chi connectivity index (χ1n) is 9.70. The Kier molecular flexibility index (Phi) is 5.71. The number of aromatic nitrogens is 2. The first-order chi connectivity index (χ1) is 15.2. The predicted molar refractivity (Wildman–Crippen MR) is 124 cm³/mol. The van der Waals surface area contributed by atoms with E-state index in [0.717, 1.165) is 10.8 Å². The molecule has 0 radical (unpaired) electrons. The Bertz CT molecular complexity index is 1330. The van der Waals surface area contributed by atoms with Gasteiger partial charge in [0.1, 0.15) is 23.7 Å². The number of amides is 1. The number of imidazole rings is 1. The molecular weight excluding hydrogens is 453 g/mol. The zero-order valence-electron chi connectivity index (χ0n) is 17.2. The monoisotopic (exact) mass is 471 g/mol. The van der Waals surface area contributed by atoms with Crippen molar-refractivity contribution in [2.24, 2.45) is 0 Å². The number of aliphatic carboxylic acids is 1. The van der Waals surface area contributed by atoms with E-state index in [1.807, 2.05) is 24.3 Å². The Morgan fingerprint density at radius 2 is 1.84 bits per heavy atom. The lowest BCUT2D eigenvalue weighted by atomic mass is 10.0. The van der Waals surface area contributed by atoms with Crippen molar-refractivity contribution in [3.05, 3.63) is 70.0 Å². The van der Waals surface area contributed by atoms with Gasteiger partial charge in [-0.1, -0.05) is 53.5 Å². The number of ether oxygens (including phenoxy) is 1. The van der Waals surface area contributed by atoms with E-state index in [2.05, 4.69) is 15.3 Å². The van der Waals surface area contributed by atoms with Crippen LogP contribution in [0.15, 0.2) is 48.5 Å². The SMILES string of the molecule is CC(C)(NC(=O)c1ccc2ccccc2c1OCc1nc2cc(Cl)c(Cl)cc2[nH]1)C(=O)O. The molecule has 3 aromatic carbocycles. The Morgan fingerprint density at radius 3 is 2.59 bits per heavy atom. The van der Waals surface area contributed by atoms with Gasteiger partial charge in [0.2, 0.25) is 0 Å². The molecule has 0 aliphatic rings. The fourth-order valence-corrected chi connectivity index (χ4v) is 3.57. The molecule has 164 valence electrons. The fourth-order valence-electron chi connectivity index (χ4n) is 3.25. The topological polar surface area (TPSA) is 104 Å². The van der Waals surface area contributed by atoms with Gasteiger partial charge in [-0.2, -0.15) is 0 Å². The van der Waals surface area contributed by atoms with Crippen molar-refractivity contribution in [2.45, 2.75) is 26.0 Å². The molecule has 0 fully saturated rings. The molecule has 4 aromatic rings. The molecule has 7 nitrogen and oxygen atoms in total. The first-order valence-corrected chi connectivity index (χ1v) is 10.5. The number of nitrogens with one attached hydrogen (secondary N) is 2. The minimum Gasteiger partial charge on any atom is -0.484 e. The van der Waals surface area contributed by atoms with Crippen molar-refractivity contribution >= 4 is 56.9 Å². The number of carboxylic acid groups (broad SMARTS) is 1. The van der Waals surface area contributed by atoms with Crippen molar-refractivity contribution in [1.29, 1.82) is 0 Å². The summed E-state index contributed by atoms with van der Waals surface area (Å²) in [7, 11) is 0. The molecule has 0 spiro atoms. The Labute approximate surface area is 193 Å². The van der Waals surface area contributed by atoms with E-state index >= 15 is 0 Å². The number of halogens is 2. The summed E-state index contributed by atoms with van der Waals surface area (Å²) in [5, 5.41) is 14.3. The number of carboxylic acids is 1. The van der Waals surface area contributed by atoms with Crippen molar-refractivity contribution in [3.63, 3.8) is 0 Å². The van der Waals surface area contributed by atoms with Crippen molar-refractivity contribution in [1.82, 2.24) is 15.3 Å². The number of carbonyl (C=O) groups excluding carboxylic acids is 1. The molecular formula is C23H19Cl2N3O4. The van der Waals surface area contributed by atoms with Crippen LogP contribution in [0.1, 0.15) is 30.0 Å². The van der Waals surface area contributed by atoms with Gasteiger partial charge >= 0.3 is 5.97 Å². The highest BCUT2D eigenvalue weighted by atomic mass is 35.5. The highest BCUT2D eigenvalue weighted by molar-refractivity contribution is 6.42. The van der Waals surface area contributed by atoms with E-state index in [9.17, 15) is 14.7 Å². The van der Waals surface area contributed by atoms with Crippen molar-refractivity contribution in [2.75, 3.05) is 0 Å². The van der Waals surface area contributed by atoms with Gasteiger partial charge in [-0.05, 0) is 37.4 Å². The zero-order chi connectivity index (χ0) is 23.0. The fraction of sp³-hybridized carbons (Fsp3) is 0.174. The second-order valence-electron chi connectivity index (χ2n) is 7.80. The zero-order valence-corrected chi connectivity index (χ0v) is 18.7. The number of nitrogens with zero attached hydrogens (tertiary/aromatic N) is 1. The van der Waals surface area contributed by atoms with Crippen LogP contribution in [-0.4, -0.2) is 32.5 Å². The summed E-state index contributed by atoms with van der Waals surface area (Å²) in [5.41, 5.74) is 0.117. The summed E-state index contributed by atoms with van der Waals surface area (Å²) in [6.45, 7) is 2.87. The summed E-state index contributed by atoms with van der Waals surface area (Å²) in [4.78, 5) is 32.0. The molecule has 0 aliphatic heterocycles. The maximum absolute atomic E-state index is 12.9. The molecule has 1 heterocycles. The number of hydrogen-bond donors (Lipinski definition) is 3. The van der Waals surface area contributed by atoms with Crippen LogP contribution in [0.5, 0.6) is 5.75 Å². The Hall–Kier alpha value is -3.29. The number of fused-ring (bicyclic) bond motifs is 2. The molecule has 9 heteroatoms. The normalized spacial score (nSPS) is 11.6. The molecule has 0 atom stereocenters. The van der Waals surface area contributed by atoms with Gasteiger partial charge in [0.25, 0.3) is 5.91 Å². The van der Waals surface area contributed by atoms with Crippen molar-refractivity contribution in [3.8, 4) is 5.75 Å². The van der Waals surface area contributed by atoms with Gasteiger partial charge in [-0.15, -0.1) is 0 Å². The molecule has 0 bridgehead atoms. The number of H-pyrrole nitrogens is 1. The van der Waals surface area contributed by atoms with E-state index in [1.54, 1.807) is 24.3 Å². The minimum atomic E-state index is -1.45. The van der Waals surface area contributed by atoms with Gasteiger partial charge in [-0.25, -0.2) is 9.78 Å². The molecule has 0 unspecified atom stereocenters. The van der Waals surface area contributed by atoms with Crippen LogP contribution in [0.3, 0.4) is 0 Å². The third kappa shape index (κ3) is 4.22. The maximum atomic E-state index is 12.9. The largest absolute Gasteiger partial charge is 0.484 e. The molecule has 3 N–H and O–H groups in total. The summed E-state index contributed by atoms with van der Waals surface area (Å²) < 4.78 is 6.05. The predicted octanol–water partition coefficient (Wildman–Crippen LogP) is 5.19. The van der Waals surface area contributed by atoms with Crippen LogP contribution in [0.4, 0.5) is 0 Å². The van der Waals surface area contributed by atoms with Crippen LogP contribution < -0.4 is 10.1 Å². The van der Waals surface area contributed by atoms with E-state index in [-0.39, 0.29) is 12.2 Å². The number of carbonyl (C=O) groups is 2. The summed E-state index contributed by atoms with van der Waals surface area (Å²) in [5.74, 6) is -0.850. The summed E-state index contributed by atoms with van der Waals surface area (Å²) >= 11 is 12.1. The van der Waals surface area contributed by atoms with Gasteiger partial charge < -0.3 is 20.1 Å². The van der Waals surface area contributed by atoms with E-state index in [4.69, 9.17) is 27.9 Å². The standard InChI is InChI=1S/C23H19Cl2N3O4/c1-23(2,22(30)31)28-21(29)14-8-7-12-5-3-4-6-13(12)20(14)32-11-19-26-17-9-15(24)16(25)10-18(17)27-19/h3-10H,11H2,1-2H3,(H,26,27)(H,28,29)(H,30,31). The van der Waals surface area contributed by atoms with Gasteiger partial charge in [0, 0.05) is 5.39 Å². The quantitative estimate of drug-likeness (QED) is 0.358. The lowest BCUT2D eigenvalue weighted by molar-refractivity contribution is -0.143. The summed E-state index contributed by atoms with van der Waals surface area (Å²) in [6, 6.07) is 14.2. The average molecular weight is 472 g/mol. The molecule has 0 saturated heterocycles. The second kappa shape index (κ2) is 8.33. The smallest absolute Gasteiger partial charge is 0.328 e. The molecule has 1 amide bonds. The van der Waals surface area contributed by atoms with Crippen LogP contribution >= 0.6 is 23.2 Å². The number of rotatable bonds is 6. The molecule has 0 saturated carbocycles. The van der Waals surface area contributed by atoms with Crippen molar-refractivity contribution < 1.29 is 19.4 Å². The highest BCUT2D eigenvalue weighted by Gasteiger charge is 2.30. The molecule has 32 heavy (non-hydrogen) atoms.